The van der Waals surface area contributed by atoms with Crippen molar-refractivity contribution in [2.45, 2.75) is 57.7 Å². The maximum atomic E-state index is 13.6. The predicted octanol–water partition coefficient (Wildman–Crippen LogP) is 1.87. The summed E-state index contributed by atoms with van der Waals surface area (Å²) in [4.78, 5) is 54.6. The summed E-state index contributed by atoms with van der Waals surface area (Å²) in [5, 5.41) is 8.55. The molecule has 3 rings (SSSR count). The SMILES string of the molecule is COC(=O)C(Cc1ccccc1)NC(=O)C(CC(C)C)NC(=O)[C@H](CCc1ccccc1)NC(=O)CN1CCOCC1. The number of methoxy groups -OCH3 is 1. The molecule has 10 nitrogen and oxygen atoms in total. The zero-order chi connectivity index (χ0) is 30.3. The first-order valence-corrected chi connectivity index (χ1v) is 14.6. The number of hydrogen-bond acceptors (Lipinski definition) is 7. The molecule has 228 valence electrons. The van der Waals surface area contributed by atoms with Gasteiger partial charge in [-0.15, -0.1) is 0 Å². The number of morpholine rings is 1. The van der Waals surface area contributed by atoms with Crippen LogP contribution in [-0.2, 0) is 41.5 Å². The molecule has 0 aromatic heterocycles. The molecule has 0 radical (unpaired) electrons. The number of ether oxygens (including phenoxy) is 2. The molecule has 0 spiro atoms. The van der Waals surface area contributed by atoms with Crippen molar-refractivity contribution in [2.75, 3.05) is 40.0 Å². The number of benzene rings is 2. The summed E-state index contributed by atoms with van der Waals surface area (Å²) >= 11 is 0. The van der Waals surface area contributed by atoms with E-state index >= 15 is 0 Å². The standard InChI is InChI=1S/C32H44N4O6/c1-23(2)20-27(31(39)35-28(32(40)41-3)21-25-12-8-5-9-13-25)34-30(38)26(15-14-24-10-6-4-7-11-24)33-29(37)22-36-16-18-42-19-17-36/h4-13,23,26-28H,14-22H2,1-3H3,(H,33,37)(H,34,38)(H,35,39)/t26-,27?,28?/m0/s1. The Kier molecular flexibility index (Phi) is 13.5. The van der Waals surface area contributed by atoms with Gasteiger partial charge in [-0.25, -0.2) is 4.79 Å². The molecule has 0 bridgehead atoms. The molecule has 1 fully saturated rings. The number of esters is 1. The van der Waals surface area contributed by atoms with Gasteiger partial charge in [-0.1, -0.05) is 74.5 Å². The van der Waals surface area contributed by atoms with Crippen LogP contribution in [0.3, 0.4) is 0 Å². The highest BCUT2D eigenvalue weighted by Gasteiger charge is 2.31. The number of nitrogens with one attached hydrogen (secondary N) is 3. The molecule has 1 heterocycles. The molecule has 42 heavy (non-hydrogen) atoms. The lowest BCUT2D eigenvalue weighted by atomic mass is 10.00. The minimum Gasteiger partial charge on any atom is -0.467 e. The van der Waals surface area contributed by atoms with Crippen molar-refractivity contribution in [1.82, 2.24) is 20.9 Å². The van der Waals surface area contributed by atoms with Crippen molar-refractivity contribution in [3.63, 3.8) is 0 Å². The summed E-state index contributed by atoms with van der Waals surface area (Å²) in [6, 6.07) is 16.4. The molecule has 1 saturated heterocycles. The summed E-state index contributed by atoms with van der Waals surface area (Å²) in [6.45, 7) is 6.48. The maximum absolute atomic E-state index is 13.6. The van der Waals surface area contributed by atoms with Crippen LogP contribution in [0.5, 0.6) is 0 Å². The van der Waals surface area contributed by atoms with E-state index in [9.17, 15) is 19.2 Å². The van der Waals surface area contributed by atoms with Gasteiger partial charge in [-0.2, -0.15) is 0 Å². The van der Waals surface area contributed by atoms with E-state index in [1.165, 1.54) is 7.11 Å². The molecule has 3 atom stereocenters. The van der Waals surface area contributed by atoms with E-state index in [-0.39, 0.29) is 24.8 Å². The molecule has 3 N–H and O–H groups in total. The molecule has 1 aliphatic heterocycles. The smallest absolute Gasteiger partial charge is 0.328 e. The molecule has 2 unspecified atom stereocenters. The fraction of sp³-hybridized carbons (Fsp3) is 0.500. The topological polar surface area (TPSA) is 126 Å². The molecule has 2 aromatic carbocycles. The quantitative estimate of drug-likeness (QED) is 0.275. The van der Waals surface area contributed by atoms with E-state index in [2.05, 4.69) is 16.0 Å². The predicted molar refractivity (Wildman–Crippen MR) is 159 cm³/mol. The van der Waals surface area contributed by atoms with E-state index in [0.29, 0.717) is 45.6 Å². The van der Waals surface area contributed by atoms with E-state index in [4.69, 9.17) is 9.47 Å². The average Bonchev–Trinajstić information content (AvgIpc) is 2.99. The van der Waals surface area contributed by atoms with E-state index < -0.39 is 35.9 Å². The zero-order valence-corrected chi connectivity index (χ0v) is 24.8. The summed E-state index contributed by atoms with van der Waals surface area (Å²) in [6.07, 6.45) is 1.53. The van der Waals surface area contributed by atoms with Crippen LogP contribution in [0.4, 0.5) is 0 Å². The van der Waals surface area contributed by atoms with E-state index in [1.807, 2.05) is 79.4 Å². The fourth-order valence-electron chi connectivity index (χ4n) is 4.86. The number of carbonyl (C=O) groups is 4. The van der Waals surface area contributed by atoms with Crippen LogP contribution in [0.2, 0.25) is 0 Å². The maximum Gasteiger partial charge on any atom is 0.328 e. The van der Waals surface area contributed by atoms with Gasteiger partial charge in [0.15, 0.2) is 0 Å². The van der Waals surface area contributed by atoms with Gasteiger partial charge in [0.25, 0.3) is 0 Å². The van der Waals surface area contributed by atoms with Gasteiger partial charge in [0.2, 0.25) is 17.7 Å². The Morgan fingerprint density at radius 1 is 0.810 bits per heavy atom. The summed E-state index contributed by atoms with van der Waals surface area (Å²) < 4.78 is 10.3. The summed E-state index contributed by atoms with van der Waals surface area (Å²) in [7, 11) is 1.27. The van der Waals surface area contributed by atoms with Gasteiger partial charge in [0, 0.05) is 19.5 Å². The van der Waals surface area contributed by atoms with Gasteiger partial charge < -0.3 is 25.4 Å². The Hall–Kier alpha value is -3.76. The largest absolute Gasteiger partial charge is 0.467 e. The molecular weight excluding hydrogens is 536 g/mol. The molecule has 1 aliphatic rings. The van der Waals surface area contributed by atoms with Crippen LogP contribution in [0.15, 0.2) is 60.7 Å². The third kappa shape index (κ3) is 11.3. The number of aryl methyl sites for hydroxylation is 1. The first kappa shape index (κ1) is 32.8. The van der Waals surface area contributed by atoms with Gasteiger partial charge in [0.05, 0.1) is 26.9 Å². The third-order valence-corrected chi connectivity index (χ3v) is 7.11. The van der Waals surface area contributed by atoms with E-state index in [0.717, 1.165) is 11.1 Å². The Bertz CT molecular complexity index is 1140. The third-order valence-electron chi connectivity index (χ3n) is 7.11. The molecular formula is C32H44N4O6. The highest BCUT2D eigenvalue weighted by Crippen LogP contribution is 2.11. The Balaban J connectivity index is 1.72. The van der Waals surface area contributed by atoms with Crippen LogP contribution in [0.25, 0.3) is 0 Å². The summed E-state index contributed by atoms with van der Waals surface area (Å²) in [5.41, 5.74) is 1.90. The molecule has 0 saturated carbocycles. The lowest BCUT2D eigenvalue weighted by Gasteiger charge is -2.28. The molecule has 2 aromatic rings. The first-order chi connectivity index (χ1) is 20.2. The van der Waals surface area contributed by atoms with Crippen molar-refractivity contribution < 1.29 is 28.7 Å². The summed E-state index contributed by atoms with van der Waals surface area (Å²) in [5.74, 6) is -1.68. The highest BCUT2D eigenvalue weighted by atomic mass is 16.5. The molecule has 3 amide bonds. The number of nitrogens with zero attached hydrogens (tertiary/aromatic N) is 1. The Labute approximate surface area is 248 Å². The second-order valence-electron chi connectivity index (χ2n) is 11.0. The highest BCUT2D eigenvalue weighted by molar-refractivity contribution is 5.93. The van der Waals surface area contributed by atoms with Crippen LogP contribution < -0.4 is 16.0 Å². The molecule has 10 heteroatoms. The zero-order valence-electron chi connectivity index (χ0n) is 24.8. The van der Waals surface area contributed by atoms with Crippen LogP contribution in [-0.4, -0.2) is 86.7 Å². The second kappa shape index (κ2) is 17.3. The second-order valence-corrected chi connectivity index (χ2v) is 11.0. The fourth-order valence-corrected chi connectivity index (χ4v) is 4.86. The van der Waals surface area contributed by atoms with Gasteiger partial charge in [0.1, 0.15) is 18.1 Å². The van der Waals surface area contributed by atoms with Crippen molar-refractivity contribution >= 4 is 23.7 Å². The lowest BCUT2D eigenvalue weighted by Crippen LogP contribution is -2.57. The average molecular weight is 581 g/mol. The van der Waals surface area contributed by atoms with Crippen molar-refractivity contribution in [3.05, 3.63) is 71.8 Å². The first-order valence-electron chi connectivity index (χ1n) is 14.6. The number of amides is 3. The minimum absolute atomic E-state index is 0.0745. The van der Waals surface area contributed by atoms with Crippen molar-refractivity contribution in [2.24, 2.45) is 5.92 Å². The van der Waals surface area contributed by atoms with E-state index in [1.54, 1.807) is 0 Å². The van der Waals surface area contributed by atoms with Gasteiger partial charge in [-0.05, 0) is 36.3 Å². The van der Waals surface area contributed by atoms with Crippen LogP contribution in [0, 0.1) is 5.92 Å². The Morgan fingerprint density at radius 3 is 1.98 bits per heavy atom. The Morgan fingerprint density at radius 2 is 1.38 bits per heavy atom. The molecule has 0 aliphatic carbocycles. The van der Waals surface area contributed by atoms with Crippen molar-refractivity contribution in [1.29, 1.82) is 0 Å². The monoisotopic (exact) mass is 580 g/mol. The minimum atomic E-state index is -0.918. The number of hydrogen-bond donors (Lipinski definition) is 3. The number of carbonyl (C=O) groups excluding carboxylic acids is 4. The van der Waals surface area contributed by atoms with Gasteiger partial charge in [-0.3, -0.25) is 19.3 Å². The van der Waals surface area contributed by atoms with Crippen molar-refractivity contribution in [3.8, 4) is 0 Å². The lowest BCUT2D eigenvalue weighted by molar-refractivity contribution is -0.145. The normalized spacial score (nSPS) is 15.7. The van der Waals surface area contributed by atoms with Crippen LogP contribution >= 0.6 is 0 Å². The number of rotatable bonds is 15. The van der Waals surface area contributed by atoms with Crippen LogP contribution in [0.1, 0.15) is 37.8 Å². The van der Waals surface area contributed by atoms with Gasteiger partial charge >= 0.3 is 5.97 Å².